The van der Waals surface area contributed by atoms with Gasteiger partial charge in [0.1, 0.15) is 0 Å². The van der Waals surface area contributed by atoms with Crippen molar-refractivity contribution in [2.75, 3.05) is 24.1 Å². The molecule has 0 amide bonds. The van der Waals surface area contributed by atoms with Gasteiger partial charge in [-0.3, -0.25) is 4.72 Å². The summed E-state index contributed by atoms with van der Waals surface area (Å²) in [5.41, 5.74) is 1.06. The Balaban J connectivity index is 2.07. The maximum atomic E-state index is 12.0. The number of hydroxylamine groups is 2. The third-order valence-electron chi connectivity index (χ3n) is 3.87. The Morgan fingerprint density at radius 1 is 1.33 bits per heavy atom. The first-order chi connectivity index (χ1) is 11.0. The number of piperidine rings is 1. The van der Waals surface area contributed by atoms with E-state index in [0.717, 1.165) is 31.2 Å². The summed E-state index contributed by atoms with van der Waals surface area (Å²) in [5, 5.41) is 1.72. The Labute approximate surface area is 144 Å². The van der Waals surface area contributed by atoms with E-state index in [4.69, 9.17) is 4.84 Å². The topological polar surface area (TPSA) is 75.7 Å². The van der Waals surface area contributed by atoms with Crippen molar-refractivity contribution in [1.82, 2.24) is 5.06 Å². The zero-order valence-corrected chi connectivity index (χ0v) is 15.5. The van der Waals surface area contributed by atoms with Gasteiger partial charge in [-0.1, -0.05) is 12.1 Å². The van der Waals surface area contributed by atoms with Crippen molar-refractivity contribution in [2.45, 2.75) is 39.5 Å². The Hall–Kier alpha value is -1.60. The lowest BCUT2D eigenvalue weighted by molar-refractivity contribution is -0.205. The van der Waals surface area contributed by atoms with Gasteiger partial charge in [0.05, 0.1) is 11.7 Å². The molecule has 1 aliphatic heterocycles. The SMILES string of the molecule is CC(C)(C)C(=O)ON1CCCC(c2cccc(NS(C)(=O)=O)c2)C1. The average molecular weight is 354 g/mol. The number of anilines is 1. The number of rotatable bonds is 4. The van der Waals surface area contributed by atoms with Crippen LogP contribution in [-0.2, 0) is 19.7 Å². The number of carbonyl (C=O) groups is 1. The number of carbonyl (C=O) groups excluding carboxylic acids is 1. The second-order valence-electron chi connectivity index (χ2n) is 7.36. The van der Waals surface area contributed by atoms with Gasteiger partial charge < -0.3 is 4.84 Å². The van der Waals surface area contributed by atoms with Crippen LogP contribution in [0.1, 0.15) is 45.1 Å². The monoisotopic (exact) mass is 354 g/mol. The lowest BCUT2D eigenvalue weighted by atomic mass is 9.91. The summed E-state index contributed by atoms with van der Waals surface area (Å²) >= 11 is 0. The molecule has 2 rings (SSSR count). The van der Waals surface area contributed by atoms with Gasteiger partial charge in [-0.25, -0.2) is 13.2 Å². The lowest BCUT2D eigenvalue weighted by Crippen LogP contribution is -2.39. The second kappa shape index (κ2) is 7.11. The van der Waals surface area contributed by atoms with Crippen molar-refractivity contribution in [2.24, 2.45) is 5.41 Å². The smallest absolute Gasteiger partial charge is 0.330 e. The van der Waals surface area contributed by atoms with Crippen molar-refractivity contribution < 1.29 is 18.0 Å². The predicted octanol–water partition coefficient (Wildman–Crippen LogP) is 2.74. The van der Waals surface area contributed by atoms with Crippen LogP contribution in [-0.4, -0.2) is 38.8 Å². The zero-order valence-electron chi connectivity index (χ0n) is 14.7. The Morgan fingerprint density at radius 3 is 2.67 bits per heavy atom. The minimum absolute atomic E-state index is 0.202. The van der Waals surface area contributed by atoms with Crippen LogP contribution in [0.3, 0.4) is 0 Å². The molecule has 0 radical (unpaired) electrons. The minimum atomic E-state index is -3.30. The molecule has 1 heterocycles. The highest BCUT2D eigenvalue weighted by Gasteiger charge is 2.29. The van der Waals surface area contributed by atoms with Crippen LogP contribution in [0, 0.1) is 5.41 Å². The van der Waals surface area contributed by atoms with Gasteiger partial charge in [-0.2, -0.15) is 0 Å². The maximum Gasteiger partial charge on any atom is 0.330 e. The second-order valence-corrected chi connectivity index (χ2v) is 9.10. The molecule has 0 aliphatic carbocycles. The van der Waals surface area contributed by atoms with Crippen molar-refractivity contribution in [3.8, 4) is 0 Å². The molecule has 1 aromatic carbocycles. The highest BCUT2D eigenvalue weighted by atomic mass is 32.2. The molecule has 1 unspecified atom stereocenters. The quantitative estimate of drug-likeness (QED) is 0.900. The largest absolute Gasteiger partial charge is 0.367 e. The number of nitrogens with one attached hydrogen (secondary N) is 1. The van der Waals surface area contributed by atoms with Crippen LogP contribution in [0.25, 0.3) is 0 Å². The normalized spacial score (nSPS) is 19.8. The van der Waals surface area contributed by atoms with Crippen LogP contribution < -0.4 is 4.72 Å². The van der Waals surface area contributed by atoms with E-state index in [0.29, 0.717) is 12.2 Å². The molecule has 1 saturated heterocycles. The maximum absolute atomic E-state index is 12.0. The van der Waals surface area contributed by atoms with E-state index < -0.39 is 15.4 Å². The molecule has 7 heteroatoms. The van der Waals surface area contributed by atoms with E-state index in [1.807, 2.05) is 39.0 Å². The van der Waals surface area contributed by atoms with Crippen molar-refractivity contribution in [3.05, 3.63) is 29.8 Å². The first-order valence-corrected chi connectivity index (χ1v) is 9.99. The molecule has 134 valence electrons. The fourth-order valence-electron chi connectivity index (χ4n) is 2.62. The molecule has 1 N–H and O–H groups in total. The molecule has 0 saturated carbocycles. The van der Waals surface area contributed by atoms with Gasteiger partial charge in [0.25, 0.3) is 0 Å². The molecule has 6 nitrogen and oxygen atoms in total. The molecule has 1 aliphatic rings. The van der Waals surface area contributed by atoms with Crippen LogP contribution in [0.15, 0.2) is 24.3 Å². The van der Waals surface area contributed by atoms with Crippen LogP contribution in [0.5, 0.6) is 0 Å². The molecule has 1 fully saturated rings. The molecule has 1 aromatic rings. The van der Waals surface area contributed by atoms with E-state index in [1.165, 1.54) is 0 Å². The Bertz CT molecular complexity index is 695. The van der Waals surface area contributed by atoms with E-state index >= 15 is 0 Å². The van der Waals surface area contributed by atoms with Crippen LogP contribution in [0.4, 0.5) is 5.69 Å². The van der Waals surface area contributed by atoms with Crippen molar-refractivity contribution >= 4 is 21.7 Å². The number of nitrogens with zero attached hydrogens (tertiary/aromatic N) is 1. The third kappa shape index (κ3) is 5.49. The number of hydrogen-bond donors (Lipinski definition) is 1. The van der Waals surface area contributed by atoms with Crippen molar-refractivity contribution in [3.63, 3.8) is 0 Å². The number of benzene rings is 1. The molecule has 0 spiro atoms. The van der Waals surface area contributed by atoms with Crippen LogP contribution >= 0.6 is 0 Å². The zero-order chi connectivity index (χ0) is 18.0. The van der Waals surface area contributed by atoms with Gasteiger partial charge in [0, 0.05) is 24.7 Å². The number of sulfonamides is 1. The van der Waals surface area contributed by atoms with E-state index in [1.54, 1.807) is 11.1 Å². The average Bonchev–Trinajstić information content (AvgIpc) is 2.45. The molecule has 0 aromatic heterocycles. The fraction of sp³-hybridized carbons (Fsp3) is 0.588. The van der Waals surface area contributed by atoms with Gasteiger partial charge >= 0.3 is 5.97 Å². The highest BCUT2D eigenvalue weighted by Crippen LogP contribution is 2.29. The molecule has 1 atom stereocenters. The minimum Gasteiger partial charge on any atom is -0.367 e. The fourth-order valence-corrected chi connectivity index (χ4v) is 3.18. The summed E-state index contributed by atoms with van der Waals surface area (Å²) in [5.74, 6) is -0.0385. The third-order valence-corrected chi connectivity index (χ3v) is 4.48. The molecular weight excluding hydrogens is 328 g/mol. The highest BCUT2D eigenvalue weighted by molar-refractivity contribution is 7.92. The summed E-state index contributed by atoms with van der Waals surface area (Å²) < 4.78 is 25.3. The van der Waals surface area contributed by atoms with Crippen LogP contribution in [0.2, 0.25) is 0 Å². The van der Waals surface area contributed by atoms with E-state index in [9.17, 15) is 13.2 Å². The lowest BCUT2D eigenvalue weighted by Gasteiger charge is -2.33. The summed E-state index contributed by atoms with van der Waals surface area (Å²) in [6.07, 6.45) is 3.03. The first-order valence-electron chi connectivity index (χ1n) is 8.10. The molecule has 24 heavy (non-hydrogen) atoms. The predicted molar refractivity (Wildman–Crippen MR) is 94.0 cm³/mol. The summed E-state index contributed by atoms with van der Waals surface area (Å²) in [7, 11) is -3.30. The van der Waals surface area contributed by atoms with Gasteiger partial charge in [-0.05, 0) is 51.3 Å². The van der Waals surface area contributed by atoms with Gasteiger partial charge in [0.2, 0.25) is 10.0 Å². The van der Waals surface area contributed by atoms with Crippen molar-refractivity contribution in [1.29, 1.82) is 0 Å². The van der Waals surface area contributed by atoms with E-state index in [-0.39, 0.29) is 11.9 Å². The summed E-state index contributed by atoms with van der Waals surface area (Å²) in [6, 6.07) is 7.39. The Kier molecular flexibility index (Phi) is 5.55. The number of hydrogen-bond acceptors (Lipinski definition) is 5. The molecule has 0 bridgehead atoms. The summed E-state index contributed by atoms with van der Waals surface area (Å²) in [4.78, 5) is 17.5. The first kappa shape index (κ1) is 18.7. The summed E-state index contributed by atoms with van der Waals surface area (Å²) in [6.45, 7) is 6.83. The standard InChI is InChI=1S/C17H26N2O4S/c1-17(2,3)16(20)23-19-10-6-8-14(12-19)13-7-5-9-15(11-13)18-24(4,21)22/h5,7,9,11,14,18H,6,8,10,12H2,1-4H3. The van der Waals surface area contributed by atoms with E-state index in [2.05, 4.69) is 4.72 Å². The van der Waals surface area contributed by atoms with Gasteiger partial charge in [-0.15, -0.1) is 5.06 Å². The van der Waals surface area contributed by atoms with Gasteiger partial charge in [0.15, 0.2) is 0 Å². The Morgan fingerprint density at radius 2 is 2.04 bits per heavy atom. The molecular formula is C17H26N2O4S.